The molecule has 1 unspecified atom stereocenters. The second-order valence-electron chi connectivity index (χ2n) is 16.4. The molecular formula is C47H60N4O8. The summed E-state index contributed by atoms with van der Waals surface area (Å²) in [5.74, 6) is 4.94. The Kier molecular flexibility index (Phi) is 12.8. The van der Waals surface area contributed by atoms with E-state index in [-0.39, 0.29) is 25.3 Å². The fourth-order valence-corrected chi connectivity index (χ4v) is 9.31. The molecule has 2 N–H and O–H groups in total. The van der Waals surface area contributed by atoms with Gasteiger partial charge in [-0.3, -0.25) is 19.6 Å². The molecule has 0 saturated carbocycles. The Bertz CT molecular complexity index is 2070. The summed E-state index contributed by atoms with van der Waals surface area (Å²) in [6.45, 7) is 6.48. The molecular weight excluding hydrogens is 749 g/mol. The number of methoxy groups -OCH3 is 3. The van der Waals surface area contributed by atoms with E-state index in [1.165, 1.54) is 16.7 Å². The molecule has 5 aliphatic heterocycles. The highest BCUT2D eigenvalue weighted by Gasteiger charge is 2.35. The topological polar surface area (TPSA) is 109 Å². The highest BCUT2D eigenvalue weighted by molar-refractivity contribution is 5.64. The molecule has 0 aromatic heterocycles. The van der Waals surface area contributed by atoms with Crippen LogP contribution in [0.3, 0.4) is 0 Å². The van der Waals surface area contributed by atoms with E-state index in [4.69, 9.17) is 28.4 Å². The Morgan fingerprint density at radius 1 is 0.695 bits per heavy atom. The first-order valence-electron chi connectivity index (χ1n) is 21.1. The van der Waals surface area contributed by atoms with Crippen LogP contribution in [0.1, 0.15) is 51.9 Å². The number of hydrogen-bond donors (Lipinski definition) is 2. The van der Waals surface area contributed by atoms with Crippen molar-refractivity contribution in [1.82, 2.24) is 19.6 Å². The monoisotopic (exact) mass is 808 g/mol. The third-order valence-corrected chi connectivity index (χ3v) is 12.7. The van der Waals surface area contributed by atoms with Gasteiger partial charge in [-0.2, -0.15) is 0 Å². The second kappa shape index (κ2) is 18.4. The Hall–Kier alpha value is -4.56. The summed E-state index contributed by atoms with van der Waals surface area (Å²) in [5.41, 5.74) is 6.96. The van der Waals surface area contributed by atoms with Gasteiger partial charge in [-0.1, -0.05) is 18.2 Å². The summed E-state index contributed by atoms with van der Waals surface area (Å²) in [7, 11) is 9.39. The molecule has 5 aliphatic rings. The molecule has 0 radical (unpaired) electrons. The average molecular weight is 809 g/mol. The highest BCUT2D eigenvalue weighted by Crippen LogP contribution is 2.52. The number of nitrogens with zero attached hydrogens (tertiary/aromatic N) is 4. The minimum absolute atomic E-state index is 0.0516. The Balaban J connectivity index is 1.23. The lowest BCUT2D eigenvalue weighted by Gasteiger charge is -2.37. The van der Waals surface area contributed by atoms with Gasteiger partial charge in [0.25, 0.3) is 0 Å². The van der Waals surface area contributed by atoms with Crippen molar-refractivity contribution in [3.63, 3.8) is 0 Å². The number of hydrogen-bond acceptors (Lipinski definition) is 12. The maximum Gasteiger partial charge on any atom is 0.204 e. The van der Waals surface area contributed by atoms with Gasteiger partial charge >= 0.3 is 0 Å². The van der Waals surface area contributed by atoms with Crippen LogP contribution >= 0.6 is 0 Å². The minimum Gasteiger partial charge on any atom is -0.493 e. The van der Waals surface area contributed by atoms with Crippen molar-refractivity contribution in [1.29, 1.82) is 0 Å². The van der Waals surface area contributed by atoms with Gasteiger partial charge < -0.3 is 38.6 Å². The van der Waals surface area contributed by atoms with E-state index in [2.05, 4.69) is 76.2 Å². The smallest absolute Gasteiger partial charge is 0.204 e. The number of rotatable bonds is 10. The molecule has 9 rings (SSSR count). The van der Waals surface area contributed by atoms with Gasteiger partial charge in [-0.25, -0.2) is 0 Å². The Labute approximate surface area is 348 Å². The van der Waals surface area contributed by atoms with Crippen molar-refractivity contribution in [2.75, 3.05) is 101 Å². The predicted octanol–water partition coefficient (Wildman–Crippen LogP) is 5.89. The number of likely N-dealkylation sites (N-methyl/N-ethyl adjacent to an activating group) is 2. The minimum atomic E-state index is -0.753. The normalized spacial score (nSPS) is 20.6. The number of piperazine rings is 1. The van der Waals surface area contributed by atoms with Gasteiger partial charge in [-0.15, -0.1) is 0 Å². The van der Waals surface area contributed by atoms with Crippen LogP contribution in [0, 0.1) is 0 Å². The van der Waals surface area contributed by atoms with Crippen LogP contribution in [0.2, 0.25) is 0 Å². The van der Waals surface area contributed by atoms with Crippen LogP contribution in [-0.2, 0) is 25.7 Å². The quantitative estimate of drug-likeness (QED) is 0.200. The lowest BCUT2D eigenvalue weighted by atomic mass is 9.87. The molecule has 12 heteroatoms. The molecule has 59 heavy (non-hydrogen) atoms. The van der Waals surface area contributed by atoms with E-state index in [0.29, 0.717) is 59.8 Å². The molecule has 316 valence electrons. The van der Waals surface area contributed by atoms with Crippen molar-refractivity contribution in [2.45, 2.75) is 50.3 Å². The van der Waals surface area contributed by atoms with Crippen molar-refractivity contribution < 1.29 is 38.6 Å². The fourth-order valence-electron chi connectivity index (χ4n) is 9.31. The maximum atomic E-state index is 11.4. The van der Waals surface area contributed by atoms with Crippen LogP contribution < -0.4 is 28.4 Å². The first kappa shape index (κ1) is 41.2. The number of aliphatic hydroxyl groups is 2. The molecule has 3 atom stereocenters. The number of ether oxygens (including phenoxy) is 6. The van der Waals surface area contributed by atoms with Crippen LogP contribution in [0.25, 0.3) is 0 Å². The molecule has 12 nitrogen and oxygen atoms in total. The lowest BCUT2D eigenvalue weighted by Crippen LogP contribution is -2.49. The van der Waals surface area contributed by atoms with Crippen molar-refractivity contribution >= 4 is 0 Å². The summed E-state index contributed by atoms with van der Waals surface area (Å²) >= 11 is 0. The van der Waals surface area contributed by atoms with Gasteiger partial charge in [0.1, 0.15) is 18.5 Å². The van der Waals surface area contributed by atoms with Crippen LogP contribution in [-0.4, -0.2) is 137 Å². The van der Waals surface area contributed by atoms with Crippen LogP contribution in [0.4, 0.5) is 0 Å². The zero-order chi connectivity index (χ0) is 41.0. The van der Waals surface area contributed by atoms with E-state index in [0.717, 1.165) is 87.4 Å². The van der Waals surface area contributed by atoms with Crippen molar-refractivity contribution in [3.8, 4) is 46.0 Å². The summed E-state index contributed by atoms with van der Waals surface area (Å²) < 4.78 is 38.4. The number of benzene rings is 4. The number of aliphatic hydroxyl groups excluding tert-OH is 2. The zero-order valence-electron chi connectivity index (χ0n) is 35.2. The molecule has 1 fully saturated rings. The second-order valence-corrected chi connectivity index (χ2v) is 16.4. The summed E-state index contributed by atoms with van der Waals surface area (Å²) in [6, 6.07) is 21.1. The van der Waals surface area contributed by atoms with Gasteiger partial charge in [0, 0.05) is 70.0 Å². The molecule has 6 bridgehead atoms. The molecule has 5 heterocycles. The van der Waals surface area contributed by atoms with Crippen molar-refractivity contribution in [2.24, 2.45) is 0 Å². The summed E-state index contributed by atoms with van der Waals surface area (Å²) in [5, 5.41) is 20.8. The van der Waals surface area contributed by atoms with E-state index in [9.17, 15) is 10.2 Å². The molecule has 0 amide bonds. The predicted molar refractivity (Wildman–Crippen MR) is 227 cm³/mol. The number of aryl methyl sites for hydroxylation is 1. The number of fused-ring (bicyclic) bond motifs is 3. The maximum absolute atomic E-state index is 11.4. The van der Waals surface area contributed by atoms with E-state index in [1.807, 2.05) is 18.2 Å². The van der Waals surface area contributed by atoms with E-state index < -0.39 is 6.10 Å². The SMILES string of the molecule is COc1ccc2cc1Oc1ccc(cc1)CC[C@H]1c3cc(c(OC)cc3CCN1C)Oc1c(OCC(O)CN3CCN(CCO)CC3)c(OC)cc3c1[C@H](C2)N(C)CC3. The van der Waals surface area contributed by atoms with Crippen molar-refractivity contribution in [3.05, 3.63) is 94.0 Å². The molecule has 4 aromatic carbocycles. The zero-order valence-corrected chi connectivity index (χ0v) is 35.2. The Morgan fingerprint density at radius 2 is 1.36 bits per heavy atom. The highest BCUT2D eigenvalue weighted by atomic mass is 16.6. The first-order chi connectivity index (χ1) is 28.7. The first-order valence-corrected chi connectivity index (χ1v) is 21.1. The van der Waals surface area contributed by atoms with Gasteiger partial charge in [0.15, 0.2) is 34.5 Å². The van der Waals surface area contributed by atoms with Gasteiger partial charge in [0.05, 0.1) is 27.9 Å². The average Bonchev–Trinajstić information content (AvgIpc) is 3.24. The van der Waals surface area contributed by atoms with E-state index in [1.54, 1.807) is 21.3 Å². The number of β-amino-alcohol motifs (C(OH)–C–C–N with tert-alkyl or cyclic N) is 2. The lowest BCUT2D eigenvalue weighted by molar-refractivity contribution is 0.0417. The third-order valence-electron chi connectivity index (χ3n) is 12.7. The molecule has 1 saturated heterocycles. The largest absolute Gasteiger partial charge is 0.493 e. The molecule has 0 spiro atoms. The third kappa shape index (κ3) is 8.99. The van der Waals surface area contributed by atoms with Gasteiger partial charge in [0.2, 0.25) is 5.75 Å². The summed E-state index contributed by atoms with van der Waals surface area (Å²) in [4.78, 5) is 9.31. The van der Waals surface area contributed by atoms with Gasteiger partial charge in [-0.05, 0) is 116 Å². The summed E-state index contributed by atoms with van der Waals surface area (Å²) in [6.07, 6.45) is 3.43. The fraction of sp³-hybridized carbons (Fsp3) is 0.489. The Morgan fingerprint density at radius 3 is 2.08 bits per heavy atom. The molecule has 4 aromatic rings. The van der Waals surface area contributed by atoms with Crippen LogP contribution in [0.5, 0.6) is 46.0 Å². The standard InChI is InChI=1S/C47H60N4O8/c1-48-16-14-33-26-41(55-4)43-28-37(33)38(48)12-8-31-6-10-36(11-7-31)58-42-25-32(9-13-40(42)54-3)24-39-45-34(15-17-49(39)2)27-44(56-5)46(47(45)59-43)57-30-35(53)29-51-20-18-50(19-21-51)22-23-52/h6-7,9-11,13,25-28,35,38-39,52-53H,8,12,14-24,29-30H2,1-5H3/t35?,38-,39-/m0/s1. The van der Waals surface area contributed by atoms with Crippen LogP contribution in [0.15, 0.2) is 60.7 Å². The van der Waals surface area contributed by atoms with E-state index >= 15 is 0 Å². The molecule has 0 aliphatic carbocycles.